The lowest BCUT2D eigenvalue weighted by atomic mass is 10.2. The average molecular weight is 281 g/mol. The summed E-state index contributed by atoms with van der Waals surface area (Å²) in [5, 5.41) is 3.46. The van der Waals surface area contributed by atoms with Crippen molar-refractivity contribution in [3.05, 3.63) is 71.0 Å². The molecule has 1 N–H and O–H groups in total. The zero-order valence-electron chi connectivity index (χ0n) is 10.9. The van der Waals surface area contributed by atoms with Crippen LogP contribution in [0.3, 0.4) is 0 Å². The van der Waals surface area contributed by atoms with E-state index in [9.17, 15) is 9.59 Å². The third-order valence-corrected chi connectivity index (χ3v) is 2.83. The number of carbonyl (C=O) groups is 1. The minimum atomic E-state index is -0.402. The maximum atomic E-state index is 11.8. The maximum Gasteiger partial charge on any atom is 0.336 e. The van der Waals surface area contributed by atoms with Crippen LogP contribution in [0, 0.1) is 0 Å². The van der Waals surface area contributed by atoms with Gasteiger partial charge >= 0.3 is 5.63 Å². The third-order valence-electron chi connectivity index (χ3n) is 2.83. The summed E-state index contributed by atoms with van der Waals surface area (Å²) >= 11 is 0. The van der Waals surface area contributed by atoms with E-state index in [2.05, 4.69) is 5.32 Å². The second kappa shape index (κ2) is 5.50. The highest BCUT2D eigenvalue weighted by molar-refractivity contribution is 6.02. The van der Waals surface area contributed by atoms with Crippen LogP contribution in [0.15, 0.2) is 68.4 Å². The minimum Gasteiger partial charge on any atom is -0.465 e. The maximum absolute atomic E-state index is 11.8. The Morgan fingerprint density at radius 2 is 2.05 bits per heavy atom. The van der Waals surface area contributed by atoms with Crippen LogP contribution in [-0.4, -0.2) is 5.91 Å². The van der Waals surface area contributed by atoms with Gasteiger partial charge in [-0.05, 0) is 42.5 Å². The Hall–Kier alpha value is -3.08. The molecule has 0 radical (unpaired) electrons. The lowest BCUT2D eigenvalue weighted by molar-refractivity contribution is -0.111. The van der Waals surface area contributed by atoms with Gasteiger partial charge < -0.3 is 14.2 Å². The van der Waals surface area contributed by atoms with E-state index in [4.69, 9.17) is 8.83 Å². The summed E-state index contributed by atoms with van der Waals surface area (Å²) in [6.45, 7) is 0. The Morgan fingerprint density at radius 3 is 2.86 bits per heavy atom. The van der Waals surface area contributed by atoms with Crippen molar-refractivity contribution in [2.24, 2.45) is 0 Å². The Labute approximate surface area is 119 Å². The molecule has 5 heteroatoms. The molecular formula is C16H11NO4. The number of furan rings is 1. The summed E-state index contributed by atoms with van der Waals surface area (Å²) in [5.41, 5.74) is 0.692. The Balaban J connectivity index is 1.77. The number of anilines is 1. The van der Waals surface area contributed by atoms with E-state index in [1.807, 2.05) is 0 Å². The molecule has 5 nitrogen and oxygen atoms in total. The number of amides is 1. The fraction of sp³-hybridized carbons (Fsp3) is 0. The van der Waals surface area contributed by atoms with Crippen molar-refractivity contribution in [1.29, 1.82) is 0 Å². The molecular weight excluding hydrogens is 270 g/mol. The Kier molecular flexibility index (Phi) is 3.39. The minimum absolute atomic E-state index is 0.275. The molecule has 0 fully saturated rings. The van der Waals surface area contributed by atoms with Gasteiger partial charge in [0.2, 0.25) is 5.91 Å². The molecule has 0 atom stereocenters. The first-order valence-corrected chi connectivity index (χ1v) is 6.27. The van der Waals surface area contributed by atoms with Gasteiger partial charge in [-0.1, -0.05) is 0 Å². The molecule has 0 saturated heterocycles. The van der Waals surface area contributed by atoms with Crippen molar-refractivity contribution in [2.75, 3.05) is 5.32 Å². The molecule has 0 aliphatic heterocycles. The molecule has 3 aromatic rings. The van der Waals surface area contributed by atoms with Gasteiger partial charge in [-0.15, -0.1) is 0 Å². The average Bonchev–Trinajstić information content (AvgIpc) is 2.99. The van der Waals surface area contributed by atoms with Gasteiger partial charge in [0, 0.05) is 23.2 Å². The van der Waals surface area contributed by atoms with Gasteiger partial charge in [-0.2, -0.15) is 0 Å². The van der Waals surface area contributed by atoms with Gasteiger partial charge in [-0.3, -0.25) is 4.79 Å². The SMILES string of the molecule is O=C(C=Cc1ccco1)Nc1ccc2oc(=O)ccc2c1. The van der Waals surface area contributed by atoms with Crippen molar-refractivity contribution in [3.8, 4) is 0 Å². The Morgan fingerprint density at radius 1 is 1.14 bits per heavy atom. The van der Waals surface area contributed by atoms with Crippen molar-refractivity contribution in [2.45, 2.75) is 0 Å². The zero-order valence-corrected chi connectivity index (χ0v) is 10.9. The van der Waals surface area contributed by atoms with Crippen LogP contribution in [0.4, 0.5) is 5.69 Å². The summed E-state index contributed by atoms with van der Waals surface area (Å²) in [6, 6.07) is 11.5. The van der Waals surface area contributed by atoms with Crippen LogP contribution in [0.1, 0.15) is 5.76 Å². The topological polar surface area (TPSA) is 72.5 Å². The van der Waals surface area contributed by atoms with Crippen molar-refractivity contribution >= 4 is 28.6 Å². The van der Waals surface area contributed by atoms with Crippen LogP contribution in [0.5, 0.6) is 0 Å². The lowest BCUT2D eigenvalue weighted by Gasteiger charge is -2.03. The van der Waals surface area contributed by atoms with Gasteiger partial charge in [-0.25, -0.2) is 4.79 Å². The predicted molar refractivity (Wildman–Crippen MR) is 78.9 cm³/mol. The van der Waals surface area contributed by atoms with Crippen molar-refractivity contribution < 1.29 is 13.6 Å². The summed E-state index contributed by atoms with van der Waals surface area (Å²) in [7, 11) is 0. The highest BCUT2D eigenvalue weighted by atomic mass is 16.4. The molecule has 2 heterocycles. The standard InChI is InChI=1S/C16H11NO4/c18-15(7-5-13-2-1-9-20-13)17-12-4-6-14-11(10-12)3-8-16(19)21-14/h1-10H,(H,17,18). The van der Waals surface area contributed by atoms with Crippen LogP contribution < -0.4 is 10.9 Å². The predicted octanol–water partition coefficient (Wildman–Crippen LogP) is 3.04. The van der Waals surface area contributed by atoms with Crippen LogP contribution in [0.2, 0.25) is 0 Å². The molecule has 2 aromatic heterocycles. The number of carbonyl (C=O) groups excluding carboxylic acids is 1. The second-order valence-corrected chi connectivity index (χ2v) is 4.35. The first-order chi connectivity index (χ1) is 10.2. The molecule has 0 spiro atoms. The molecule has 104 valence electrons. The van der Waals surface area contributed by atoms with Crippen molar-refractivity contribution in [1.82, 2.24) is 0 Å². The molecule has 0 aliphatic rings. The lowest BCUT2D eigenvalue weighted by Crippen LogP contribution is -2.07. The summed E-state index contributed by atoms with van der Waals surface area (Å²) in [4.78, 5) is 22.9. The molecule has 0 saturated carbocycles. The molecule has 3 rings (SSSR count). The second-order valence-electron chi connectivity index (χ2n) is 4.35. The summed E-state index contributed by atoms with van der Waals surface area (Å²) in [6.07, 6.45) is 4.50. The van der Waals surface area contributed by atoms with Crippen LogP contribution in [0.25, 0.3) is 17.0 Å². The normalized spacial score (nSPS) is 11.0. The molecule has 1 amide bonds. The van der Waals surface area contributed by atoms with Gasteiger partial charge in [0.15, 0.2) is 0 Å². The summed E-state index contributed by atoms with van der Waals surface area (Å²) < 4.78 is 10.1. The van der Waals surface area contributed by atoms with Gasteiger partial charge in [0.25, 0.3) is 0 Å². The van der Waals surface area contributed by atoms with Gasteiger partial charge in [0.05, 0.1) is 6.26 Å². The largest absolute Gasteiger partial charge is 0.465 e. The smallest absolute Gasteiger partial charge is 0.336 e. The highest BCUT2D eigenvalue weighted by Crippen LogP contribution is 2.17. The highest BCUT2D eigenvalue weighted by Gasteiger charge is 2.02. The fourth-order valence-electron chi connectivity index (χ4n) is 1.88. The third kappa shape index (κ3) is 3.09. The molecule has 0 bridgehead atoms. The molecule has 0 unspecified atom stereocenters. The quantitative estimate of drug-likeness (QED) is 0.591. The first kappa shape index (κ1) is 12.9. The monoisotopic (exact) mass is 281 g/mol. The number of fused-ring (bicyclic) bond motifs is 1. The van der Waals surface area contributed by atoms with Crippen LogP contribution in [-0.2, 0) is 4.79 Å². The molecule has 0 aliphatic carbocycles. The van der Waals surface area contributed by atoms with E-state index in [-0.39, 0.29) is 5.91 Å². The number of nitrogens with one attached hydrogen (secondary N) is 1. The van der Waals surface area contributed by atoms with E-state index in [0.29, 0.717) is 17.0 Å². The van der Waals surface area contributed by atoms with E-state index in [1.54, 1.807) is 42.5 Å². The zero-order chi connectivity index (χ0) is 14.7. The van der Waals surface area contributed by atoms with Gasteiger partial charge in [0.1, 0.15) is 11.3 Å². The van der Waals surface area contributed by atoms with E-state index in [0.717, 1.165) is 5.39 Å². The van der Waals surface area contributed by atoms with E-state index in [1.165, 1.54) is 18.4 Å². The van der Waals surface area contributed by atoms with E-state index < -0.39 is 5.63 Å². The van der Waals surface area contributed by atoms with Crippen molar-refractivity contribution in [3.63, 3.8) is 0 Å². The number of hydrogen-bond acceptors (Lipinski definition) is 4. The molecule has 21 heavy (non-hydrogen) atoms. The first-order valence-electron chi connectivity index (χ1n) is 6.27. The fourth-order valence-corrected chi connectivity index (χ4v) is 1.88. The number of benzene rings is 1. The van der Waals surface area contributed by atoms with Crippen LogP contribution >= 0.6 is 0 Å². The number of hydrogen-bond donors (Lipinski definition) is 1. The molecule has 1 aromatic carbocycles. The number of rotatable bonds is 3. The summed E-state index contributed by atoms with van der Waals surface area (Å²) in [5.74, 6) is 0.327. The van der Waals surface area contributed by atoms with E-state index >= 15 is 0 Å². The Bertz CT molecular complexity index is 859.